The van der Waals surface area contributed by atoms with Crippen LogP contribution in [0.5, 0.6) is 0 Å². The molecule has 0 unspecified atom stereocenters. The van der Waals surface area contributed by atoms with Crippen molar-refractivity contribution < 1.29 is 9.59 Å². The van der Waals surface area contributed by atoms with Crippen molar-refractivity contribution in [1.29, 1.82) is 0 Å². The van der Waals surface area contributed by atoms with Crippen molar-refractivity contribution in [3.8, 4) is 0 Å². The van der Waals surface area contributed by atoms with Crippen LogP contribution in [0.3, 0.4) is 0 Å². The lowest BCUT2D eigenvalue weighted by Gasteiger charge is -2.36. The smallest absolute Gasteiger partial charge is 0.227 e. The Labute approximate surface area is 122 Å². The summed E-state index contributed by atoms with van der Waals surface area (Å²) in [7, 11) is 0. The molecular weight excluding hydrogens is 252 g/mol. The third-order valence-electron chi connectivity index (χ3n) is 4.42. The molecule has 0 aromatic rings. The predicted octanol–water partition coefficient (Wildman–Crippen LogP) is 2.33. The maximum absolute atomic E-state index is 12.3. The Hall–Kier alpha value is -1.06. The highest BCUT2D eigenvalue weighted by Gasteiger charge is 2.34. The van der Waals surface area contributed by atoms with Gasteiger partial charge in [0.2, 0.25) is 11.8 Å². The van der Waals surface area contributed by atoms with Crippen molar-refractivity contribution in [2.45, 2.75) is 65.3 Å². The van der Waals surface area contributed by atoms with E-state index >= 15 is 0 Å². The molecule has 2 amide bonds. The summed E-state index contributed by atoms with van der Waals surface area (Å²) in [6, 6.07) is 0.371. The van der Waals surface area contributed by atoms with E-state index in [4.69, 9.17) is 0 Å². The van der Waals surface area contributed by atoms with Gasteiger partial charge in [0.25, 0.3) is 0 Å². The van der Waals surface area contributed by atoms with E-state index in [0.717, 1.165) is 32.2 Å². The zero-order chi connectivity index (χ0) is 14.8. The minimum absolute atomic E-state index is 0.0179. The zero-order valence-electron chi connectivity index (χ0n) is 13.1. The van der Waals surface area contributed by atoms with Gasteiger partial charge in [0, 0.05) is 24.5 Å². The summed E-state index contributed by atoms with van der Waals surface area (Å²) in [5.74, 6) is 0.301. The first-order chi connectivity index (χ1) is 9.38. The number of nitrogens with zero attached hydrogens (tertiary/aromatic N) is 1. The van der Waals surface area contributed by atoms with Gasteiger partial charge in [0.15, 0.2) is 0 Å². The molecular formula is C16H28N2O2. The number of amides is 2. The second-order valence-electron chi connectivity index (χ2n) is 7.33. The normalized spacial score (nSPS) is 24.8. The Bertz CT molecular complexity index is 367. The molecule has 0 radical (unpaired) electrons. The second kappa shape index (κ2) is 6.15. The number of carbonyl (C=O) groups is 2. The summed E-state index contributed by atoms with van der Waals surface area (Å²) in [5, 5.41) is 3.17. The summed E-state index contributed by atoms with van der Waals surface area (Å²) in [6.45, 7) is 7.21. The van der Waals surface area contributed by atoms with Crippen LogP contribution < -0.4 is 5.32 Å². The van der Waals surface area contributed by atoms with E-state index < -0.39 is 0 Å². The molecule has 0 aromatic carbocycles. The quantitative estimate of drug-likeness (QED) is 0.844. The van der Waals surface area contributed by atoms with Crippen LogP contribution in [0.2, 0.25) is 0 Å². The van der Waals surface area contributed by atoms with Gasteiger partial charge < -0.3 is 10.2 Å². The van der Waals surface area contributed by atoms with Crippen LogP contribution in [0.1, 0.15) is 59.3 Å². The lowest BCUT2D eigenvalue weighted by Crippen LogP contribution is -2.49. The van der Waals surface area contributed by atoms with E-state index in [2.05, 4.69) is 5.32 Å². The SMILES string of the molecule is CC(C)(C)C(=O)N1CCC[C@H](C(=O)NC2CCCC2)C1. The number of likely N-dealkylation sites (tertiary alicyclic amines) is 1. The van der Waals surface area contributed by atoms with E-state index in [-0.39, 0.29) is 23.1 Å². The summed E-state index contributed by atoms with van der Waals surface area (Å²) in [5.41, 5.74) is -0.357. The standard InChI is InChI=1S/C16H28N2O2/c1-16(2,3)15(20)18-10-6-7-12(11-18)14(19)17-13-8-4-5-9-13/h12-13H,4-11H2,1-3H3,(H,17,19)/t12-/m0/s1. The fourth-order valence-corrected chi connectivity index (χ4v) is 3.24. The molecule has 1 atom stereocenters. The average molecular weight is 280 g/mol. The number of rotatable bonds is 2. The molecule has 0 spiro atoms. The van der Waals surface area contributed by atoms with E-state index in [0.29, 0.717) is 12.6 Å². The molecule has 1 saturated heterocycles. The van der Waals surface area contributed by atoms with Gasteiger partial charge in [0.05, 0.1) is 5.92 Å². The fraction of sp³-hybridized carbons (Fsp3) is 0.875. The van der Waals surface area contributed by atoms with Crippen LogP contribution in [-0.4, -0.2) is 35.8 Å². The summed E-state index contributed by atoms with van der Waals surface area (Å²) < 4.78 is 0. The number of piperidine rings is 1. The highest BCUT2D eigenvalue weighted by atomic mass is 16.2. The molecule has 1 N–H and O–H groups in total. The van der Waals surface area contributed by atoms with Crippen molar-refractivity contribution in [2.75, 3.05) is 13.1 Å². The summed E-state index contributed by atoms with van der Waals surface area (Å²) in [4.78, 5) is 26.5. The van der Waals surface area contributed by atoms with E-state index in [1.165, 1.54) is 12.8 Å². The molecule has 20 heavy (non-hydrogen) atoms. The first-order valence-electron chi connectivity index (χ1n) is 7.97. The minimum atomic E-state index is -0.357. The number of carbonyl (C=O) groups excluding carboxylic acids is 2. The topological polar surface area (TPSA) is 49.4 Å². The Balaban J connectivity index is 1.89. The van der Waals surface area contributed by atoms with Crippen LogP contribution in [0.25, 0.3) is 0 Å². The van der Waals surface area contributed by atoms with Gasteiger partial charge in [-0.2, -0.15) is 0 Å². The molecule has 0 aromatic heterocycles. The van der Waals surface area contributed by atoms with E-state index in [1.807, 2.05) is 25.7 Å². The number of nitrogens with one attached hydrogen (secondary N) is 1. The summed E-state index contributed by atoms with van der Waals surface area (Å²) >= 11 is 0. The maximum atomic E-state index is 12.3. The molecule has 1 saturated carbocycles. The first kappa shape index (κ1) is 15.3. The van der Waals surface area contributed by atoms with E-state index in [1.54, 1.807) is 0 Å². The third-order valence-corrected chi connectivity index (χ3v) is 4.42. The van der Waals surface area contributed by atoms with Gasteiger partial charge in [-0.25, -0.2) is 0 Å². The lowest BCUT2D eigenvalue weighted by molar-refractivity contribution is -0.142. The highest BCUT2D eigenvalue weighted by Crippen LogP contribution is 2.24. The third kappa shape index (κ3) is 3.74. The summed E-state index contributed by atoms with van der Waals surface area (Å²) in [6.07, 6.45) is 6.53. The van der Waals surface area contributed by atoms with Crippen LogP contribution in [0.15, 0.2) is 0 Å². The molecule has 1 heterocycles. The molecule has 2 aliphatic rings. The van der Waals surface area contributed by atoms with Gasteiger partial charge in [-0.3, -0.25) is 9.59 Å². The van der Waals surface area contributed by atoms with Gasteiger partial charge in [-0.1, -0.05) is 33.6 Å². The van der Waals surface area contributed by atoms with Gasteiger partial charge in [-0.05, 0) is 25.7 Å². The van der Waals surface area contributed by atoms with Gasteiger partial charge in [-0.15, -0.1) is 0 Å². The van der Waals surface area contributed by atoms with Gasteiger partial charge in [0.1, 0.15) is 0 Å². The zero-order valence-corrected chi connectivity index (χ0v) is 13.1. The average Bonchev–Trinajstić information content (AvgIpc) is 2.89. The van der Waals surface area contributed by atoms with Gasteiger partial charge >= 0.3 is 0 Å². The molecule has 2 fully saturated rings. The van der Waals surface area contributed by atoms with Crippen LogP contribution in [0, 0.1) is 11.3 Å². The fourth-order valence-electron chi connectivity index (χ4n) is 3.24. The Morgan fingerprint density at radius 1 is 1.05 bits per heavy atom. The number of hydrogen-bond acceptors (Lipinski definition) is 2. The van der Waals surface area contributed by atoms with Crippen molar-refractivity contribution >= 4 is 11.8 Å². The maximum Gasteiger partial charge on any atom is 0.227 e. The predicted molar refractivity (Wildman–Crippen MR) is 79.2 cm³/mol. The van der Waals surface area contributed by atoms with Crippen molar-refractivity contribution in [3.63, 3.8) is 0 Å². The van der Waals surface area contributed by atoms with E-state index in [9.17, 15) is 9.59 Å². The first-order valence-corrected chi connectivity index (χ1v) is 7.97. The largest absolute Gasteiger partial charge is 0.353 e. The van der Waals surface area contributed by atoms with Crippen LogP contribution >= 0.6 is 0 Å². The molecule has 1 aliphatic carbocycles. The minimum Gasteiger partial charge on any atom is -0.353 e. The molecule has 4 nitrogen and oxygen atoms in total. The second-order valence-corrected chi connectivity index (χ2v) is 7.33. The molecule has 0 bridgehead atoms. The van der Waals surface area contributed by atoms with Crippen molar-refractivity contribution in [3.05, 3.63) is 0 Å². The van der Waals surface area contributed by atoms with Crippen molar-refractivity contribution in [1.82, 2.24) is 10.2 Å². The van der Waals surface area contributed by atoms with Crippen molar-refractivity contribution in [2.24, 2.45) is 11.3 Å². The van der Waals surface area contributed by atoms with Crippen LogP contribution in [0.4, 0.5) is 0 Å². The Morgan fingerprint density at radius 3 is 2.30 bits per heavy atom. The Morgan fingerprint density at radius 2 is 1.70 bits per heavy atom. The monoisotopic (exact) mass is 280 g/mol. The number of hydrogen-bond donors (Lipinski definition) is 1. The molecule has 4 heteroatoms. The highest BCUT2D eigenvalue weighted by molar-refractivity contribution is 5.84. The Kier molecular flexibility index (Phi) is 4.71. The lowest BCUT2D eigenvalue weighted by atomic mass is 9.91. The molecule has 114 valence electrons. The van der Waals surface area contributed by atoms with Crippen LogP contribution in [-0.2, 0) is 9.59 Å². The molecule has 2 rings (SSSR count). The molecule has 1 aliphatic heterocycles.